The highest BCUT2D eigenvalue weighted by Crippen LogP contribution is 2.27. The summed E-state index contributed by atoms with van der Waals surface area (Å²) in [6.45, 7) is 2.02. The van der Waals surface area contributed by atoms with E-state index in [0.29, 0.717) is 17.1 Å². The molecule has 0 unspecified atom stereocenters. The standard InChI is InChI=1S/C11H12N8S2/c1-3-7-14-11(21-18-7)20-10-16-8(12-2)15-9(17-10)19-6-4-5-13-19/h4-6H,3H2,1-2H3,(H,12,15,16,17). The third-order valence-corrected chi connectivity index (χ3v) is 4.13. The normalized spacial score (nSPS) is 10.8. The fourth-order valence-electron chi connectivity index (χ4n) is 1.49. The van der Waals surface area contributed by atoms with E-state index in [9.17, 15) is 0 Å². The van der Waals surface area contributed by atoms with Gasteiger partial charge >= 0.3 is 0 Å². The average molecular weight is 320 g/mol. The Balaban J connectivity index is 1.92. The highest BCUT2D eigenvalue weighted by atomic mass is 32.2. The molecule has 0 bridgehead atoms. The van der Waals surface area contributed by atoms with Crippen LogP contribution < -0.4 is 5.32 Å². The first-order chi connectivity index (χ1) is 10.3. The van der Waals surface area contributed by atoms with Crippen LogP contribution >= 0.6 is 23.3 Å². The van der Waals surface area contributed by atoms with Gasteiger partial charge in [-0.15, -0.1) is 0 Å². The number of nitrogens with one attached hydrogen (secondary N) is 1. The van der Waals surface area contributed by atoms with E-state index in [1.807, 2.05) is 13.0 Å². The van der Waals surface area contributed by atoms with Crippen molar-refractivity contribution in [1.82, 2.24) is 34.1 Å². The molecule has 0 aliphatic heterocycles. The zero-order chi connectivity index (χ0) is 14.7. The lowest BCUT2D eigenvalue weighted by Crippen LogP contribution is -2.07. The molecule has 0 aliphatic rings. The summed E-state index contributed by atoms with van der Waals surface area (Å²) >= 11 is 2.71. The number of hydrogen-bond acceptors (Lipinski definition) is 9. The maximum atomic E-state index is 4.40. The Hall–Kier alpha value is -2.07. The molecule has 0 aliphatic carbocycles. The number of nitrogens with zero attached hydrogens (tertiary/aromatic N) is 7. The Bertz CT molecular complexity index is 724. The fourth-order valence-corrected chi connectivity index (χ4v) is 3.04. The average Bonchev–Trinajstić information content (AvgIpc) is 3.18. The molecule has 0 aromatic carbocycles. The maximum absolute atomic E-state index is 4.40. The van der Waals surface area contributed by atoms with Gasteiger partial charge in [0.15, 0.2) is 4.34 Å². The van der Waals surface area contributed by atoms with Crippen LogP contribution in [0.5, 0.6) is 0 Å². The highest BCUT2D eigenvalue weighted by Gasteiger charge is 2.11. The van der Waals surface area contributed by atoms with Gasteiger partial charge in [0.1, 0.15) is 5.82 Å². The van der Waals surface area contributed by atoms with Crippen molar-refractivity contribution in [1.29, 1.82) is 0 Å². The van der Waals surface area contributed by atoms with Gasteiger partial charge in [-0.05, 0) is 29.4 Å². The minimum absolute atomic E-state index is 0.460. The predicted molar refractivity (Wildman–Crippen MR) is 79.9 cm³/mol. The third kappa shape index (κ3) is 3.16. The topological polar surface area (TPSA) is 94.3 Å². The van der Waals surface area contributed by atoms with Gasteiger partial charge in [-0.1, -0.05) is 6.92 Å². The molecule has 0 saturated carbocycles. The molecule has 0 atom stereocenters. The van der Waals surface area contributed by atoms with Gasteiger partial charge in [0, 0.05) is 25.9 Å². The molecule has 10 heteroatoms. The van der Waals surface area contributed by atoms with Crippen molar-refractivity contribution < 1.29 is 0 Å². The van der Waals surface area contributed by atoms with Crippen molar-refractivity contribution in [3.63, 3.8) is 0 Å². The third-order valence-electron chi connectivity index (χ3n) is 2.48. The Morgan fingerprint density at radius 1 is 1.29 bits per heavy atom. The van der Waals surface area contributed by atoms with Gasteiger partial charge in [0.05, 0.1) is 0 Å². The Labute approximate surface area is 129 Å². The lowest BCUT2D eigenvalue weighted by molar-refractivity contribution is 0.762. The van der Waals surface area contributed by atoms with Crippen molar-refractivity contribution in [2.45, 2.75) is 22.8 Å². The minimum atomic E-state index is 0.460. The van der Waals surface area contributed by atoms with E-state index in [2.05, 4.69) is 34.7 Å². The Morgan fingerprint density at radius 2 is 2.19 bits per heavy atom. The van der Waals surface area contributed by atoms with Crippen LogP contribution in [0.1, 0.15) is 12.7 Å². The van der Waals surface area contributed by atoms with E-state index in [0.717, 1.165) is 16.6 Å². The molecule has 21 heavy (non-hydrogen) atoms. The van der Waals surface area contributed by atoms with Crippen LogP contribution in [-0.4, -0.2) is 41.1 Å². The van der Waals surface area contributed by atoms with E-state index >= 15 is 0 Å². The first-order valence-electron chi connectivity index (χ1n) is 6.22. The van der Waals surface area contributed by atoms with Crippen LogP contribution in [0.25, 0.3) is 5.95 Å². The molecular weight excluding hydrogens is 308 g/mol. The Kier molecular flexibility index (Phi) is 4.06. The molecule has 0 fully saturated rings. The molecule has 3 aromatic rings. The van der Waals surface area contributed by atoms with Crippen molar-refractivity contribution in [2.75, 3.05) is 12.4 Å². The van der Waals surface area contributed by atoms with Crippen molar-refractivity contribution >= 4 is 29.2 Å². The Morgan fingerprint density at radius 3 is 2.86 bits per heavy atom. The van der Waals surface area contributed by atoms with Crippen molar-refractivity contribution in [2.24, 2.45) is 0 Å². The zero-order valence-corrected chi connectivity index (χ0v) is 13.0. The summed E-state index contributed by atoms with van der Waals surface area (Å²) in [6.07, 6.45) is 4.27. The number of aryl methyl sites for hydroxylation is 1. The van der Waals surface area contributed by atoms with Gasteiger partial charge in [-0.2, -0.15) is 24.4 Å². The van der Waals surface area contributed by atoms with Crippen molar-refractivity contribution in [3.8, 4) is 5.95 Å². The molecule has 8 nitrogen and oxygen atoms in total. The number of hydrogen-bond donors (Lipinski definition) is 1. The number of aromatic nitrogens is 7. The van der Waals surface area contributed by atoms with E-state index < -0.39 is 0 Å². The van der Waals surface area contributed by atoms with Crippen LogP contribution in [0.2, 0.25) is 0 Å². The monoisotopic (exact) mass is 320 g/mol. The second kappa shape index (κ2) is 6.14. The van der Waals surface area contributed by atoms with Crippen LogP contribution in [-0.2, 0) is 6.42 Å². The molecular formula is C11H12N8S2. The van der Waals surface area contributed by atoms with E-state index in [-0.39, 0.29) is 0 Å². The summed E-state index contributed by atoms with van der Waals surface area (Å²) in [6, 6.07) is 1.81. The van der Waals surface area contributed by atoms with Gasteiger partial charge in [-0.25, -0.2) is 9.67 Å². The molecule has 108 valence electrons. The maximum Gasteiger partial charge on any atom is 0.256 e. The summed E-state index contributed by atoms with van der Waals surface area (Å²) in [4.78, 5) is 17.4. The summed E-state index contributed by atoms with van der Waals surface area (Å²) in [5.74, 6) is 1.78. The van der Waals surface area contributed by atoms with E-state index in [4.69, 9.17) is 0 Å². The molecule has 0 saturated heterocycles. The summed E-state index contributed by atoms with van der Waals surface area (Å²) in [5, 5.41) is 7.61. The van der Waals surface area contributed by atoms with Crippen LogP contribution in [0.3, 0.4) is 0 Å². The SMILES string of the molecule is CCc1nsc(Sc2nc(NC)nc(-n3cccn3)n2)n1. The first kappa shape index (κ1) is 13.9. The first-order valence-corrected chi connectivity index (χ1v) is 7.81. The molecule has 0 amide bonds. The predicted octanol–water partition coefficient (Wildman–Crippen LogP) is 1.66. The van der Waals surface area contributed by atoms with Crippen LogP contribution in [0, 0.1) is 0 Å². The summed E-state index contributed by atoms with van der Waals surface area (Å²) in [5.41, 5.74) is 0. The number of anilines is 1. The van der Waals surface area contributed by atoms with Gasteiger partial charge in [-0.3, -0.25) is 0 Å². The van der Waals surface area contributed by atoms with Gasteiger partial charge in [0.2, 0.25) is 11.1 Å². The quantitative estimate of drug-likeness (QED) is 0.758. The highest BCUT2D eigenvalue weighted by molar-refractivity contribution is 8.00. The second-order valence-corrected chi connectivity index (χ2v) is 5.84. The largest absolute Gasteiger partial charge is 0.357 e. The molecule has 3 aromatic heterocycles. The molecule has 0 spiro atoms. The van der Waals surface area contributed by atoms with Crippen LogP contribution in [0.4, 0.5) is 5.95 Å². The summed E-state index contributed by atoms with van der Waals surface area (Å²) < 4.78 is 6.65. The second-order valence-electron chi connectivity index (χ2n) is 3.87. The zero-order valence-electron chi connectivity index (χ0n) is 11.4. The van der Waals surface area contributed by atoms with E-state index in [1.54, 1.807) is 24.1 Å². The fraction of sp³-hybridized carbons (Fsp3) is 0.273. The van der Waals surface area contributed by atoms with Crippen molar-refractivity contribution in [3.05, 3.63) is 24.3 Å². The molecule has 3 rings (SSSR count). The van der Waals surface area contributed by atoms with Gasteiger partial charge in [0.25, 0.3) is 5.95 Å². The molecule has 0 radical (unpaired) electrons. The molecule has 3 heterocycles. The minimum Gasteiger partial charge on any atom is -0.357 e. The number of rotatable bonds is 5. The summed E-state index contributed by atoms with van der Waals surface area (Å²) in [7, 11) is 1.76. The molecule has 1 N–H and O–H groups in total. The lowest BCUT2D eigenvalue weighted by Gasteiger charge is -2.04. The van der Waals surface area contributed by atoms with Crippen LogP contribution in [0.15, 0.2) is 28.0 Å². The lowest BCUT2D eigenvalue weighted by atomic mass is 10.5. The smallest absolute Gasteiger partial charge is 0.256 e. The van der Waals surface area contributed by atoms with E-state index in [1.165, 1.54) is 23.3 Å². The van der Waals surface area contributed by atoms with Gasteiger partial charge < -0.3 is 5.32 Å².